The number of hydrogen-bond donors (Lipinski definition) is 3. The van der Waals surface area contributed by atoms with Gasteiger partial charge in [-0.15, -0.1) is 0 Å². The highest BCUT2D eigenvalue weighted by atomic mass is 32.2. The lowest BCUT2D eigenvalue weighted by atomic mass is 10.2. The molecule has 0 saturated carbocycles. The van der Waals surface area contributed by atoms with Crippen molar-refractivity contribution >= 4 is 33.6 Å². The van der Waals surface area contributed by atoms with E-state index in [0.29, 0.717) is 28.3 Å². The van der Waals surface area contributed by atoms with Crippen LogP contribution in [0.5, 0.6) is 0 Å². The molecule has 0 saturated heterocycles. The fourth-order valence-corrected chi connectivity index (χ4v) is 2.70. The third-order valence-corrected chi connectivity index (χ3v) is 3.83. The van der Waals surface area contributed by atoms with E-state index in [1.54, 1.807) is 44.2 Å². The van der Waals surface area contributed by atoms with E-state index in [2.05, 4.69) is 15.6 Å². The van der Waals surface area contributed by atoms with Crippen molar-refractivity contribution < 1.29 is 22.4 Å². The minimum atomic E-state index is -3.33. The largest absolute Gasteiger partial charge is 0.466 e. The molecular formula is C17H19N3O5S. The Hall–Kier alpha value is -3.07. The molecule has 1 aromatic heterocycles. The first-order valence-electron chi connectivity index (χ1n) is 7.57. The summed E-state index contributed by atoms with van der Waals surface area (Å²) in [5.74, 6) is 0.0760. The molecule has 1 heterocycles. The van der Waals surface area contributed by atoms with Crippen LogP contribution < -0.4 is 15.6 Å². The molecule has 3 N–H and O–H groups in total. The second-order valence-electron chi connectivity index (χ2n) is 5.60. The molecule has 138 valence electrons. The number of sulfonamides is 1. The average molecular weight is 377 g/mol. The van der Waals surface area contributed by atoms with Crippen LogP contribution in [0.1, 0.15) is 27.4 Å². The smallest absolute Gasteiger partial charge is 0.273 e. The molecule has 1 aromatic carbocycles. The fourth-order valence-electron chi connectivity index (χ4n) is 2.13. The van der Waals surface area contributed by atoms with E-state index in [4.69, 9.17) is 4.42 Å². The average Bonchev–Trinajstić information content (AvgIpc) is 2.89. The molecule has 0 aliphatic heterocycles. The number of anilines is 1. The summed E-state index contributed by atoms with van der Waals surface area (Å²) < 4.78 is 29.9. The number of carbonyl (C=O) groups is 2. The number of hydrazine groups is 1. The third kappa shape index (κ3) is 5.78. The lowest BCUT2D eigenvalue weighted by Gasteiger charge is -2.04. The van der Waals surface area contributed by atoms with Crippen molar-refractivity contribution in [1.29, 1.82) is 0 Å². The van der Waals surface area contributed by atoms with Crippen LogP contribution in [0.4, 0.5) is 5.69 Å². The van der Waals surface area contributed by atoms with Crippen LogP contribution in [0, 0.1) is 13.8 Å². The molecule has 0 unspecified atom stereocenters. The SMILES string of the molecule is Cc1cc(C(=O)NNC(=O)/C=C/c2ccc(NS(C)(=O)=O)cc2)c(C)o1. The van der Waals surface area contributed by atoms with E-state index in [0.717, 1.165) is 6.26 Å². The Morgan fingerprint density at radius 1 is 1.08 bits per heavy atom. The van der Waals surface area contributed by atoms with Crippen molar-refractivity contribution in [1.82, 2.24) is 10.9 Å². The van der Waals surface area contributed by atoms with Crippen LogP contribution in [0.3, 0.4) is 0 Å². The molecule has 9 heteroatoms. The van der Waals surface area contributed by atoms with Crippen molar-refractivity contribution in [2.24, 2.45) is 0 Å². The first-order chi connectivity index (χ1) is 12.1. The molecule has 2 rings (SSSR count). The van der Waals surface area contributed by atoms with E-state index >= 15 is 0 Å². The molecule has 2 amide bonds. The zero-order chi connectivity index (χ0) is 19.3. The third-order valence-electron chi connectivity index (χ3n) is 3.23. The second kappa shape index (κ2) is 7.87. The van der Waals surface area contributed by atoms with Gasteiger partial charge < -0.3 is 4.42 Å². The number of hydrogen-bond acceptors (Lipinski definition) is 5. The van der Waals surface area contributed by atoms with E-state index in [1.165, 1.54) is 12.2 Å². The van der Waals surface area contributed by atoms with Crippen LogP contribution in [-0.2, 0) is 14.8 Å². The highest BCUT2D eigenvalue weighted by Crippen LogP contribution is 2.13. The summed E-state index contributed by atoms with van der Waals surface area (Å²) >= 11 is 0. The maximum atomic E-state index is 11.9. The monoisotopic (exact) mass is 377 g/mol. The van der Waals surface area contributed by atoms with Gasteiger partial charge in [-0.3, -0.25) is 25.2 Å². The van der Waals surface area contributed by atoms with Gasteiger partial charge in [-0.25, -0.2) is 8.42 Å². The van der Waals surface area contributed by atoms with E-state index < -0.39 is 21.8 Å². The minimum Gasteiger partial charge on any atom is -0.466 e. The molecule has 26 heavy (non-hydrogen) atoms. The van der Waals surface area contributed by atoms with Crippen LogP contribution in [-0.4, -0.2) is 26.5 Å². The lowest BCUT2D eigenvalue weighted by Crippen LogP contribution is -2.40. The molecule has 0 aliphatic carbocycles. The van der Waals surface area contributed by atoms with Gasteiger partial charge in [0.2, 0.25) is 10.0 Å². The van der Waals surface area contributed by atoms with Crippen molar-refractivity contribution in [2.75, 3.05) is 11.0 Å². The second-order valence-corrected chi connectivity index (χ2v) is 7.35. The van der Waals surface area contributed by atoms with Gasteiger partial charge in [0.05, 0.1) is 11.8 Å². The molecule has 0 fully saturated rings. The van der Waals surface area contributed by atoms with Crippen molar-refractivity contribution in [3.8, 4) is 0 Å². The summed E-state index contributed by atoms with van der Waals surface area (Å²) in [4.78, 5) is 23.7. The Kier molecular flexibility index (Phi) is 5.83. The standard InChI is InChI=1S/C17H19N3O5S/c1-11-10-15(12(2)25-11)17(22)19-18-16(21)9-6-13-4-7-14(8-5-13)20-26(3,23)24/h4-10,20H,1-3H3,(H,18,21)(H,19,22)/b9-6+. The topological polar surface area (TPSA) is 118 Å². The Balaban J connectivity index is 1.89. The van der Waals surface area contributed by atoms with Gasteiger partial charge in [-0.05, 0) is 43.7 Å². The molecule has 2 aromatic rings. The summed E-state index contributed by atoms with van der Waals surface area (Å²) in [7, 11) is -3.33. The highest BCUT2D eigenvalue weighted by molar-refractivity contribution is 7.92. The predicted molar refractivity (Wildman–Crippen MR) is 97.7 cm³/mol. The summed E-state index contributed by atoms with van der Waals surface area (Å²) in [5, 5.41) is 0. The molecule has 0 atom stereocenters. The zero-order valence-corrected chi connectivity index (χ0v) is 15.3. The van der Waals surface area contributed by atoms with Gasteiger partial charge in [-0.1, -0.05) is 12.1 Å². The summed E-state index contributed by atoms with van der Waals surface area (Å²) in [5.41, 5.74) is 6.03. The maximum absolute atomic E-state index is 11.9. The number of rotatable bonds is 5. The van der Waals surface area contributed by atoms with Gasteiger partial charge in [0.25, 0.3) is 11.8 Å². The van der Waals surface area contributed by atoms with Gasteiger partial charge >= 0.3 is 0 Å². The minimum absolute atomic E-state index is 0.348. The highest BCUT2D eigenvalue weighted by Gasteiger charge is 2.13. The first kappa shape index (κ1) is 19.3. The number of aryl methyl sites for hydroxylation is 2. The van der Waals surface area contributed by atoms with Gasteiger partial charge in [-0.2, -0.15) is 0 Å². The molecular weight excluding hydrogens is 358 g/mol. The summed E-state index contributed by atoms with van der Waals surface area (Å²) in [6.07, 6.45) is 3.83. The number of nitrogens with one attached hydrogen (secondary N) is 3. The van der Waals surface area contributed by atoms with Crippen LogP contribution in [0.25, 0.3) is 6.08 Å². The Bertz CT molecular complexity index is 943. The molecule has 0 aliphatic rings. The van der Waals surface area contributed by atoms with Crippen molar-refractivity contribution in [3.63, 3.8) is 0 Å². The fraction of sp³-hybridized carbons (Fsp3) is 0.176. The molecule has 8 nitrogen and oxygen atoms in total. The summed E-state index contributed by atoms with van der Waals surface area (Å²) in [6, 6.07) is 8.02. The number of benzene rings is 1. The normalized spacial score (nSPS) is 11.3. The van der Waals surface area contributed by atoms with Gasteiger partial charge in [0.15, 0.2) is 0 Å². The first-order valence-corrected chi connectivity index (χ1v) is 9.46. The molecule has 0 bridgehead atoms. The number of furan rings is 1. The Labute approximate surface area is 151 Å². The van der Waals surface area contributed by atoms with Crippen molar-refractivity contribution in [2.45, 2.75) is 13.8 Å². The quantitative estimate of drug-likeness (QED) is 0.542. The summed E-state index contributed by atoms with van der Waals surface area (Å²) in [6.45, 7) is 3.38. The molecule has 0 spiro atoms. The van der Waals surface area contributed by atoms with Gasteiger partial charge in [0, 0.05) is 11.8 Å². The number of carbonyl (C=O) groups excluding carboxylic acids is 2. The molecule has 0 radical (unpaired) electrons. The van der Waals surface area contributed by atoms with Crippen molar-refractivity contribution in [3.05, 3.63) is 59.1 Å². The van der Waals surface area contributed by atoms with E-state index in [1.807, 2.05) is 0 Å². The van der Waals surface area contributed by atoms with Crippen LogP contribution in [0.15, 0.2) is 40.8 Å². The van der Waals surface area contributed by atoms with E-state index in [-0.39, 0.29) is 0 Å². The Morgan fingerprint density at radius 2 is 1.73 bits per heavy atom. The van der Waals surface area contributed by atoms with Crippen LogP contribution >= 0.6 is 0 Å². The van der Waals surface area contributed by atoms with E-state index in [9.17, 15) is 18.0 Å². The lowest BCUT2D eigenvalue weighted by molar-refractivity contribution is -0.117. The Morgan fingerprint density at radius 3 is 2.27 bits per heavy atom. The maximum Gasteiger partial charge on any atom is 0.273 e. The van der Waals surface area contributed by atoms with Crippen LogP contribution in [0.2, 0.25) is 0 Å². The van der Waals surface area contributed by atoms with Gasteiger partial charge in [0.1, 0.15) is 11.5 Å². The number of amides is 2. The zero-order valence-electron chi connectivity index (χ0n) is 14.5. The predicted octanol–water partition coefficient (Wildman–Crippen LogP) is 1.74.